The monoisotopic (exact) mass is 611 g/mol. The van der Waals surface area contributed by atoms with Crippen molar-refractivity contribution in [3.8, 4) is 0 Å². The van der Waals surface area contributed by atoms with Gasteiger partial charge in [-0.25, -0.2) is 29.0 Å². The molecule has 1 aromatic carbocycles. The Morgan fingerprint density at radius 1 is 0.884 bits per heavy atom. The summed E-state index contributed by atoms with van der Waals surface area (Å²) in [7, 11) is 0. The van der Waals surface area contributed by atoms with Gasteiger partial charge < -0.3 is 25.4 Å². The minimum Gasteiger partial charge on any atom is -0.481 e. The van der Waals surface area contributed by atoms with E-state index in [-0.39, 0.29) is 41.5 Å². The van der Waals surface area contributed by atoms with E-state index in [2.05, 4.69) is 5.32 Å². The van der Waals surface area contributed by atoms with Gasteiger partial charge in [-0.3, -0.25) is 34.6 Å². The first kappa shape index (κ1) is 33.5. The number of carboxylic acids is 3. The summed E-state index contributed by atoms with van der Waals surface area (Å²) in [6, 6.07) is -3.76. The van der Waals surface area contributed by atoms with E-state index in [0.29, 0.717) is 5.56 Å². The Labute approximate surface area is 240 Å². The van der Waals surface area contributed by atoms with E-state index >= 15 is 0 Å². The number of benzene rings is 1. The molecule has 1 aliphatic rings. The second-order valence-electron chi connectivity index (χ2n) is 8.95. The molecule has 3 atom stereocenters. The molecule has 5 amide bonds. The summed E-state index contributed by atoms with van der Waals surface area (Å²) < 4.78 is 4.95. The summed E-state index contributed by atoms with van der Waals surface area (Å²) in [6.07, 6.45) is -3.22. The molecule has 1 aromatic rings. The molecule has 4 N–H and O–H groups in total. The number of hydrogen-bond acceptors (Lipinski definition) is 12. The van der Waals surface area contributed by atoms with Gasteiger partial charge in [0.2, 0.25) is 0 Å². The van der Waals surface area contributed by atoms with Crippen LogP contribution in [0.3, 0.4) is 0 Å². The molecule has 0 aliphatic carbocycles. The predicted molar refractivity (Wildman–Crippen MR) is 135 cm³/mol. The van der Waals surface area contributed by atoms with Crippen LogP contribution in [-0.4, -0.2) is 101 Å². The number of nitro benzene ring substituents is 1. The highest BCUT2D eigenvalue weighted by Gasteiger charge is 2.58. The van der Waals surface area contributed by atoms with Gasteiger partial charge in [-0.1, -0.05) is 0 Å². The number of nitro groups is 2. The molecule has 0 aromatic heterocycles. The normalized spacial score (nSPS) is 16.3. The first-order valence-electron chi connectivity index (χ1n) is 12.3. The third-order valence-electron chi connectivity index (χ3n) is 6.08. The molecule has 1 heterocycles. The zero-order chi connectivity index (χ0) is 32.4. The predicted octanol–water partition coefficient (Wildman–Crippen LogP) is 0.199. The van der Waals surface area contributed by atoms with Crippen molar-refractivity contribution in [2.45, 2.75) is 56.8 Å². The van der Waals surface area contributed by atoms with Gasteiger partial charge in [-0.05, 0) is 43.4 Å². The Morgan fingerprint density at radius 2 is 1.42 bits per heavy atom. The molecular weight excluding hydrogens is 586 g/mol. The van der Waals surface area contributed by atoms with Crippen molar-refractivity contribution in [3.05, 3.63) is 50.1 Å². The first-order chi connectivity index (χ1) is 20.2. The van der Waals surface area contributed by atoms with Crippen LogP contribution in [0.25, 0.3) is 0 Å². The fourth-order valence-corrected chi connectivity index (χ4v) is 3.98. The molecule has 0 bridgehead atoms. The third kappa shape index (κ3) is 8.65. The van der Waals surface area contributed by atoms with E-state index in [1.54, 1.807) is 0 Å². The number of amides is 5. The van der Waals surface area contributed by atoms with Gasteiger partial charge in [0.25, 0.3) is 5.69 Å². The van der Waals surface area contributed by atoms with Gasteiger partial charge in [-0.2, -0.15) is 0 Å². The average Bonchev–Trinajstić information content (AvgIpc) is 2.91. The standard InChI is InChI=1S/C23H25N5O15/c29-16(30)9-8-15(21(35)36)26-19(32)17(28(41)42)18(31)25(23(26)38)14(20(33)34)3-1-2-10-24-22(37)43-11-12-4-6-13(7-5-12)27(39)40/h4-7,14-15,17H,1-3,8-11H2,(H,24,37)(H,29,30)(H,33,34)(H,35,36)/t14?,15-,17?/m0/s1. The van der Waals surface area contributed by atoms with Crippen LogP contribution in [0.1, 0.15) is 37.7 Å². The number of nitrogens with zero attached hydrogens (tertiary/aromatic N) is 4. The van der Waals surface area contributed by atoms with Crippen molar-refractivity contribution >= 4 is 47.5 Å². The minimum atomic E-state index is -2.85. The number of hydrogen-bond donors (Lipinski definition) is 4. The van der Waals surface area contributed by atoms with Gasteiger partial charge in [0.1, 0.15) is 18.7 Å². The summed E-state index contributed by atoms with van der Waals surface area (Å²) >= 11 is 0. The maximum Gasteiger partial charge on any atom is 0.407 e. The number of alkyl carbamates (subject to hydrolysis) is 1. The van der Waals surface area contributed by atoms with Crippen molar-refractivity contribution in [2.24, 2.45) is 0 Å². The van der Waals surface area contributed by atoms with Gasteiger partial charge in [0, 0.05) is 30.0 Å². The lowest BCUT2D eigenvalue weighted by molar-refractivity contribution is -0.497. The van der Waals surface area contributed by atoms with E-state index in [0.717, 1.165) is 0 Å². The number of barbiturate groups is 1. The maximum atomic E-state index is 13.1. The van der Waals surface area contributed by atoms with E-state index in [9.17, 15) is 64.0 Å². The third-order valence-corrected chi connectivity index (χ3v) is 6.08. The molecule has 1 aliphatic heterocycles. The summed E-state index contributed by atoms with van der Waals surface area (Å²) in [6.45, 7) is -0.313. The van der Waals surface area contributed by atoms with Gasteiger partial charge >= 0.3 is 47.9 Å². The Balaban J connectivity index is 2.06. The number of imide groups is 2. The Morgan fingerprint density at radius 3 is 1.88 bits per heavy atom. The number of rotatable bonds is 16. The van der Waals surface area contributed by atoms with Crippen LogP contribution in [0.2, 0.25) is 0 Å². The number of aliphatic carboxylic acids is 3. The van der Waals surface area contributed by atoms with Gasteiger partial charge in [0.05, 0.1) is 4.92 Å². The molecule has 232 valence electrons. The van der Waals surface area contributed by atoms with E-state index in [1.807, 2.05) is 0 Å². The number of carboxylic acid groups (broad SMARTS) is 3. The quantitative estimate of drug-likeness (QED) is 0.0839. The number of unbranched alkanes of at least 4 members (excludes halogenated alkanes) is 1. The number of carbonyl (C=O) groups is 7. The molecule has 1 fully saturated rings. The Kier molecular flexibility index (Phi) is 11.5. The van der Waals surface area contributed by atoms with Crippen molar-refractivity contribution in [2.75, 3.05) is 6.54 Å². The second kappa shape index (κ2) is 14.8. The second-order valence-corrected chi connectivity index (χ2v) is 8.95. The van der Waals surface area contributed by atoms with Crippen LogP contribution in [-0.2, 0) is 35.3 Å². The van der Waals surface area contributed by atoms with Crippen LogP contribution in [0.5, 0.6) is 0 Å². The number of nitrogens with one attached hydrogen (secondary N) is 1. The van der Waals surface area contributed by atoms with Crippen molar-refractivity contribution in [3.63, 3.8) is 0 Å². The van der Waals surface area contributed by atoms with E-state index < -0.39 is 89.1 Å². The summed E-state index contributed by atoms with van der Waals surface area (Å²) in [5, 5.41) is 52.6. The van der Waals surface area contributed by atoms with Gasteiger partial charge in [0.15, 0.2) is 0 Å². The molecule has 20 nitrogen and oxygen atoms in total. The molecule has 2 unspecified atom stereocenters. The van der Waals surface area contributed by atoms with E-state index in [4.69, 9.17) is 9.84 Å². The number of non-ortho nitro benzene ring substituents is 1. The van der Waals surface area contributed by atoms with Crippen LogP contribution < -0.4 is 5.32 Å². The van der Waals surface area contributed by atoms with Crippen molar-refractivity contribution in [1.82, 2.24) is 15.1 Å². The lowest BCUT2D eigenvalue weighted by Gasteiger charge is -2.38. The highest BCUT2D eigenvalue weighted by atomic mass is 16.6. The Bertz CT molecular complexity index is 1310. The van der Waals surface area contributed by atoms with Crippen LogP contribution in [0.15, 0.2) is 24.3 Å². The van der Waals surface area contributed by atoms with Crippen molar-refractivity contribution < 1.29 is 63.5 Å². The number of urea groups is 1. The van der Waals surface area contributed by atoms with Crippen LogP contribution in [0, 0.1) is 20.2 Å². The summed E-state index contributed by atoms with van der Waals surface area (Å²) in [5.74, 6) is -8.91. The van der Waals surface area contributed by atoms with E-state index in [1.165, 1.54) is 24.3 Å². The highest BCUT2D eigenvalue weighted by molar-refractivity contribution is 6.20. The molecule has 20 heteroatoms. The minimum absolute atomic E-state index is 0.0459. The van der Waals surface area contributed by atoms with Crippen molar-refractivity contribution in [1.29, 1.82) is 0 Å². The fourth-order valence-electron chi connectivity index (χ4n) is 3.98. The Hall–Kier alpha value is -5.69. The van der Waals surface area contributed by atoms with Gasteiger partial charge in [-0.15, -0.1) is 0 Å². The number of carbonyl (C=O) groups excluding carboxylic acids is 4. The van der Waals surface area contributed by atoms with Crippen LogP contribution >= 0.6 is 0 Å². The zero-order valence-electron chi connectivity index (χ0n) is 22.0. The zero-order valence-corrected chi connectivity index (χ0v) is 22.0. The molecule has 0 radical (unpaired) electrons. The molecule has 2 rings (SSSR count). The topological polar surface area (TPSA) is 294 Å². The largest absolute Gasteiger partial charge is 0.481 e. The summed E-state index contributed by atoms with van der Waals surface area (Å²) in [4.78, 5) is 105. The van der Waals surface area contributed by atoms with Crippen LogP contribution in [0.4, 0.5) is 15.3 Å². The maximum absolute atomic E-state index is 13.1. The number of ether oxygens (including phenoxy) is 1. The lowest BCUT2D eigenvalue weighted by Crippen LogP contribution is -2.70. The molecule has 0 spiro atoms. The summed E-state index contributed by atoms with van der Waals surface area (Å²) in [5.41, 5.74) is 0.295. The highest BCUT2D eigenvalue weighted by Crippen LogP contribution is 2.24. The fraction of sp³-hybridized carbons (Fsp3) is 0.435. The molecule has 0 saturated carbocycles. The lowest BCUT2D eigenvalue weighted by atomic mass is 10.0. The molecule has 43 heavy (non-hydrogen) atoms. The smallest absolute Gasteiger partial charge is 0.407 e. The molecular formula is C23H25N5O15. The average molecular weight is 611 g/mol. The molecule has 1 saturated heterocycles. The first-order valence-corrected chi connectivity index (χ1v) is 12.3. The SMILES string of the molecule is O=C(O)CC[C@@H](C(=O)O)N1C(=O)C([N+](=O)[O-])C(=O)N(C(CCCCNC(=O)OCc2ccc([N+](=O)[O-])cc2)C(=O)O)C1=O.